The Morgan fingerprint density at radius 2 is 2.00 bits per heavy atom. The molecule has 1 aliphatic rings. The highest BCUT2D eigenvalue weighted by atomic mass is 16.6. The van der Waals surface area contributed by atoms with E-state index < -0.39 is 0 Å². The van der Waals surface area contributed by atoms with Crippen LogP contribution in [-0.4, -0.2) is 46.3 Å². The van der Waals surface area contributed by atoms with E-state index >= 15 is 0 Å². The third-order valence-corrected chi connectivity index (χ3v) is 2.70. The Labute approximate surface area is 98.0 Å². The molecule has 1 fully saturated rings. The van der Waals surface area contributed by atoms with Crippen molar-refractivity contribution in [3.63, 3.8) is 0 Å². The quantitative estimate of drug-likeness (QED) is 0.644. The van der Waals surface area contributed by atoms with E-state index in [9.17, 15) is 0 Å². The molecule has 92 valence electrons. The molecule has 1 heterocycles. The first kappa shape index (κ1) is 13.7. The molecule has 16 heavy (non-hydrogen) atoms. The van der Waals surface area contributed by atoms with E-state index in [2.05, 4.69) is 6.92 Å². The molecule has 5 heteroatoms. The van der Waals surface area contributed by atoms with Crippen molar-refractivity contribution in [3.8, 4) is 0 Å². The lowest BCUT2D eigenvalue weighted by atomic mass is 9.90. The first-order valence-corrected chi connectivity index (χ1v) is 5.66. The Morgan fingerprint density at radius 3 is 2.50 bits per heavy atom. The largest absolute Gasteiger partial charge is 0.485 e. The Balaban J connectivity index is 2.20. The molecule has 0 amide bonds. The summed E-state index contributed by atoms with van der Waals surface area (Å²) in [4.78, 5) is 0. The van der Waals surface area contributed by atoms with Crippen LogP contribution in [0, 0.1) is 0 Å². The monoisotopic (exact) mass is 228 g/mol. The predicted molar refractivity (Wildman–Crippen MR) is 63.3 cm³/mol. The van der Waals surface area contributed by atoms with E-state index in [1.165, 1.54) is 0 Å². The van der Waals surface area contributed by atoms with Gasteiger partial charge in [0, 0.05) is 20.6 Å². The van der Waals surface area contributed by atoms with Gasteiger partial charge in [-0.2, -0.15) is 0 Å². The van der Waals surface area contributed by atoms with Crippen molar-refractivity contribution in [2.45, 2.75) is 38.6 Å². The molecule has 3 atom stereocenters. The average molecular weight is 228 g/mol. The fourth-order valence-corrected chi connectivity index (χ4v) is 1.83. The summed E-state index contributed by atoms with van der Waals surface area (Å²) in [5.41, 5.74) is 0. The summed E-state index contributed by atoms with van der Waals surface area (Å²) in [7, 11) is 2.92. The third kappa shape index (κ3) is 4.25. The Bertz CT molecular complexity index is 218. The van der Waals surface area contributed by atoms with Gasteiger partial charge >= 0.3 is 7.12 Å². The van der Waals surface area contributed by atoms with Gasteiger partial charge in [0.25, 0.3) is 0 Å². The lowest BCUT2D eigenvalue weighted by Gasteiger charge is -2.13. The molecule has 0 N–H and O–H groups in total. The molecule has 0 aromatic heterocycles. The minimum absolute atomic E-state index is 0.184. The molecule has 0 unspecified atom stereocenters. The van der Waals surface area contributed by atoms with E-state index in [1.54, 1.807) is 14.2 Å². The average Bonchev–Trinajstić information content (AvgIpc) is 2.58. The zero-order valence-electron chi connectivity index (χ0n) is 10.5. The zero-order chi connectivity index (χ0) is 12.0. The third-order valence-electron chi connectivity index (χ3n) is 2.70. The van der Waals surface area contributed by atoms with Crippen LogP contribution in [0.5, 0.6) is 0 Å². The fraction of sp³-hybridized carbons (Fsp3) is 0.818. The molecule has 0 spiro atoms. The summed E-state index contributed by atoms with van der Waals surface area (Å²) in [6.07, 6.45) is 3.56. The van der Waals surface area contributed by atoms with Crippen molar-refractivity contribution in [1.29, 1.82) is 0 Å². The first-order chi connectivity index (χ1) is 7.67. The van der Waals surface area contributed by atoms with Gasteiger partial charge in [-0.05, 0) is 13.8 Å². The van der Waals surface area contributed by atoms with Crippen LogP contribution in [-0.2, 0) is 18.8 Å². The summed E-state index contributed by atoms with van der Waals surface area (Å²) in [5.74, 6) is 1.84. The molecule has 1 saturated heterocycles. The van der Waals surface area contributed by atoms with Crippen LogP contribution in [0.3, 0.4) is 0 Å². The molecule has 0 bridgehead atoms. The molecule has 0 aromatic carbocycles. The second-order valence-electron chi connectivity index (χ2n) is 4.03. The van der Waals surface area contributed by atoms with Gasteiger partial charge in [-0.25, -0.2) is 0 Å². The normalized spacial score (nSPS) is 30.1. The van der Waals surface area contributed by atoms with Gasteiger partial charge in [0.1, 0.15) is 0 Å². The van der Waals surface area contributed by atoms with Gasteiger partial charge in [0.15, 0.2) is 0 Å². The van der Waals surface area contributed by atoms with Crippen molar-refractivity contribution < 1.29 is 18.8 Å². The van der Waals surface area contributed by atoms with Crippen LogP contribution in [0.2, 0.25) is 0 Å². The van der Waals surface area contributed by atoms with E-state index in [1.807, 2.05) is 19.0 Å². The van der Waals surface area contributed by atoms with Crippen LogP contribution in [0.1, 0.15) is 20.3 Å². The Hall–Kier alpha value is -0.355. The Morgan fingerprint density at radius 1 is 1.31 bits per heavy atom. The highest BCUT2D eigenvalue weighted by Gasteiger charge is 2.29. The van der Waals surface area contributed by atoms with Gasteiger partial charge in [0.2, 0.25) is 0 Å². The van der Waals surface area contributed by atoms with E-state index in [4.69, 9.17) is 18.8 Å². The molecule has 0 aromatic rings. The summed E-state index contributed by atoms with van der Waals surface area (Å²) in [6, 6.07) is 0. The van der Waals surface area contributed by atoms with Crippen molar-refractivity contribution in [1.82, 2.24) is 0 Å². The number of ether oxygens (including phenoxy) is 2. The molecule has 0 aliphatic carbocycles. The van der Waals surface area contributed by atoms with Crippen molar-refractivity contribution >= 4 is 7.12 Å². The number of hydrogen-bond acceptors (Lipinski definition) is 4. The summed E-state index contributed by atoms with van der Waals surface area (Å²) in [6.45, 7) is 4.68. The van der Waals surface area contributed by atoms with Crippen molar-refractivity contribution in [3.05, 3.63) is 12.1 Å². The SMILES string of the molecule is COB(/C=C/CO[C@@H]1C[C@H](C)O[C@@H]1C)OC. The summed E-state index contributed by atoms with van der Waals surface area (Å²) in [5, 5.41) is 0. The maximum Gasteiger partial charge on any atom is 0.485 e. The summed E-state index contributed by atoms with van der Waals surface area (Å²) >= 11 is 0. The standard InChI is InChI=1S/C11H21BO4/c1-9-8-11(10(2)16-9)15-7-5-6-12(13-3)14-4/h5-6,9-11H,7-8H2,1-4H3/b6-5+/t9-,10+,11+/m0/s1. The second kappa shape index (κ2) is 7.07. The number of rotatable bonds is 6. The molecule has 4 nitrogen and oxygen atoms in total. The topological polar surface area (TPSA) is 36.9 Å². The van der Waals surface area contributed by atoms with Crippen LogP contribution in [0.15, 0.2) is 12.1 Å². The van der Waals surface area contributed by atoms with Crippen molar-refractivity contribution in [2.75, 3.05) is 20.8 Å². The molecule has 1 rings (SSSR count). The molecular formula is C11H21BO4. The molecule has 0 radical (unpaired) electrons. The van der Waals surface area contributed by atoms with E-state index in [0.29, 0.717) is 12.7 Å². The smallest absolute Gasteiger partial charge is 0.410 e. The van der Waals surface area contributed by atoms with Crippen LogP contribution in [0.4, 0.5) is 0 Å². The molecule has 0 saturated carbocycles. The van der Waals surface area contributed by atoms with E-state index in [-0.39, 0.29) is 19.3 Å². The van der Waals surface area contributed by atoms with Gasteiger partial charge in [-0.3, -0.25) is 0 Å². The van der Waals surface area contributed by atoms with E-state index in [0.717, 1.165) is 6.42 Å². The molecule has 1 aliphatic heterocycles. The maximum absolute atomic E-state index is 5.70. The van der Waals surface area contributed by atoms with Crippen molar-refractivity contribution in [2.24, 2.45) is 0 Å². The van der Waals surface area contributed by atoms with Gasteiger partial charge < -0.3 is 18.8 Å². The first-order valence-electron chi connectivity index (χ1n) is 5.66. The van der Waals surface area contributed by atoms with Gasteiger partial charge in [-0.15, -0.1) is 0 Å². The second-order valence-corrected chi connectivity index (χ2v) is 4.03. The van der Waals surface area contributed by atoms with Gasteiger partial charge in [-0.1, -0.05) is 12.1 Å². The minimum atomic E-state index is -0.292. The van der Waals surface area contributed by atoms with Crippen LogP contribution in [0.25, 0.3) is 0 Å². The highest BCUT2D eigenvalue weighted by molar-refractivity contribution is 6.50. The highest BCUT2D eigenvalue weighted by Crippen LogP contribution is 2.22. The number of hydrogen-bond donors (Lipinski definition) is 0. The fourth-order valence-electron chi connectivity index (χ4n) is 1.83. The predicted octanol–water partition coefficient (Wildman–Crippen LogP) is 1.45. The summed E-state index contributed by atoms with van der Waals surface area (Å²) < 4.78 is 21.3. The minimum Gasteiger partial charge on any atom is -0.410 e. The Kier molecular flexibility index (Phi) is 6.05. The maximum atomic E-state index is 5.70. The zero-order valence-corrected chi connectivity index (χ0v) is 10.5. The lowest BCUT2D eigenvalue weighted by molar-refractivity contribution is -0.000718. The molecular weight excluding hydrogens is 207 g/mol. The van der Waals surface area contributed by atoms with Gasteiger partial charge in [0.05, 0.1) is 24.9 Å². The lowest BCUT2D eigenvalue weighted by Crippen LogP contribution is -2.21. The van der Waals surface area contributed by atoms with Crippen LogP contribution < -0.4 is 0 Å². The van der Waals surface area contributed by atoms with Crippen LogP contribution >= 0.6 is 0 Å².